The van der Waals surface area contributed by atoms with Gasteiger partial charge in [-0.3, -0.25) is 0 Å². The van der Waals surface area contributed by atoms with Crippen LogP contribution in [0.25, 0.3) is 11.9 Å². The summed E-state index contributed by atoms with van der Waals surface area (Å²) in [5.41, 5.74) is 4.09. The number of nitrogens with zero attached hydrogens (tertiary/aromatic N) is 5. The van der Waals surface area contributed by atoms with Crippen LogP contribution < -0.4 is 4.90 Å². The third kappa shape index (κ3) is 3.43. The van der Waals surface area contributed by atoms with E-state index in [0.29, 0.717) is 30.6 Å². The van der Waals surface area contributed by atoms with Crippen molar-refractivity contribution < 1.29 is 14.3 Å². The Hall–Kier alpha value is -3.26. The molecule has 8 heteroatoms. The molecule has 3 heterocycles. The average Bonchev–Trinajstić information content (AvgIpc) is 3.51. The van der Waals surface area contributed by atoms with Crippen LogP contribution in [0.15, 0.2) is 42.4 Å². The number of methoxy groups -OCH3 is 1. The molecule has 1 fully saturated rings. The van der Waals surface area contributed by atoms with Gasteiger partial charge in [0.2, 0.25) is 0 Å². The van der Waals surface area contributed by atoms with Crippen molar-refractivity contribution in [1.29, 1.82) is 0 Å². The second-order valence-corrected chi connectivity index (χ2v) is 7.66. The Labute approximate surface area is 174 Å². The first-order valence-corrected chi connectivity index (χ1v) is 10.1. The molecule has 1 atom stereocenters. The van der Waals surface area contributed by atoms with Gasteiger partial charge in [-0.05, 0) is 54.2 Å². The normalized spacial score (nSPS) is 18.0. The molecule has 0 saturated carbocycles. The lowest BCUT2D eigenvalue weighted by Gasteiger charge is -2.26. The fourth-order valence-electron chi connectivity index (χ4n) is 4.32. The van der Waals surface area contributed by atoms with Crippen molar-refractivity contribution in [2.45, 2.75) is 25.3 Å². The standard InChI is InChI=1S/C22H23N5O3/c1-29-21(28)17-5-4-16-9-15(10-18(16)11-17)12-30-13-19-3-2-8-26(19)20-6-7-23-22-24-14-25-27(20)22/h4-7,10-11,14,19H,2-3,8-9,12-13H2,1H3/t19-/m1/s1. The van der Waals surface area contributed by atoms with Crippen LogP contribution in [-0.2, 0) is 15.9 Å². The first-order valence-electron chi connectivity index (χ1n) is 10.1. The van der Waals surface area contributed by atoms with Gasteiger partial charge < -0.3 is 14.4 Å². The predicted molar refractivity (Wildman–Crippen MR) is 111 cm³/mol. The number of rotatable bonds is 6. The molecule has 5 rings (SSSR count). The van der Waals surface area contributed by atoms with Crippen molar-refractivity contribution in [2.75, 3.05) is 31.8 Å². The second-order valence-electron chi connectivity index (χ2n) is 7.66. The molecule has 1 aliphatic carbocycles. The van der Waals surface area contributed by atoms with Crippen LogP contribution in [0.5, 0.6) is 0 Å². The zero-order chi connectivity index (χ0) is 20.5. The molecule has 3 aromatic rings. The highest BCUT2D eigenvalue weighted by atomic mass is 16.5. The summed E-state index contributed by atoms with van der Waals surface area (Å²) in [4.78, 5) is 22.5. The highest BCUT2D eigenvalue weighted by Crippen LogP contribution is 2.28. The number of hydrogen-bond acceptors (Lipinski definition) is 7. The minimum atomic E-state index is -0.310. The second kappa shape index (κ2) is 7.87. The number of esters is 1. The predicted octanol–water partition coefficient (Wildman–Crippen LogP) is 2.54. The third-order valence-corrected chi connectivity index (χ3v) is 5.77. The molecule has 1 saturated heterocycles. The molecule has 2 aliphatic rings. The van der Waals surface area contributed by atoms with Crippen LogP contribution in [-0.4, -0.2) is 58.5 Å². The van der Waals surface area contributed by atoms with Crippen LogP contribution in [0, 0.1) is 0 Å². The molecule has 30 heavy (non-hydrogen) atoms. The van der Waals surface area contributed by atoms with E-state index in [1.54, 1.807) is 10.7 Å². The number of benzene rings is 1. The number of anilines is 1. The maximum absolute atomic E-state index is 11.7. The Kier molecular flexibility index (Phi) is 4.92. The van der Waals surface area contributed by atoms with Crippen LogP contribution in [0.1, 0.15) is 34.3 Å². The molecule has 0 bridgehead atoms. The van der Waals surface area contributed by atoms with E-state index in [2.05, 4.69) is 26.0 Å². The van der Waals surface area contributed by atoms with Gasteiger partial charge in [0.15, 0.2) is 0 Å². The summed E-state index contributed by atoms with van der Waals surface area (Å²) >= 11 is 0. The van der Waals surface area contributed by atoms with Gasteiger partial charge in [-0.2, -0.15) is 14.6 Å². The lowest BCUT2D eigenvalue weighted by atomic mass is 10.1. The molecule has 1 aliphatic heterocycles. The highest BCUT2D eigenvalue weighted by molar-refractivity contribution is 5.90. The van der Waals surface area contributed by atoms with E-state index in [4.69, 9.17) is 9.47 Å². The molecule has 0 spiro atoms. The van der Waals surface area contributed by atoms with E-state index in [9.17, 15) is 4.79 Å². The van der Waals surface area contributed by atoms with Gasteiger partial charge in [0.05, 0.1) is 31.9 Å². The average molecular weight is 405 g/mol. The summed E-state index contributed by atoms with van der Waals surface area (Å²) in [5.74, 6) is 1.31. The van der Waals surface area contributed by atoms with Gasteiger partial charge in [-0.15, -0.1) is 0 Å². The van der Waals surface area contributed by atoms with E-state index >= 15 is 0 Å². The third-order valence-electron chi connectivity index (χ3n) is 5.77. The molecule has 2 aromatic heterocycles. The molecule has 8 nitrogen and oxygen atoms in total. The van der Waals surface area contributed by atoms with E-state index in [0.717, 1.165) is 37.2 Å². The van der Waals surface area contributed by atoms with Crippen molar-refractivity contribution in [2.24, 2.45) is 0 Å². The summed E-state index contributed by atoms with van der Waals surface area (Å²) in [6.45, 7) is 2.21. The van der Waals surface area contributed by atoms with E-state index in [1.807, 2.05) is 24.3 Å². The first kappa shape index (κ1) is 18.7. The first-order chi connectivity index (χ1) is 14.7. The molecule has 0 radical (unpaired) electrons. The van der Waals surface area contributed by atoms with Gasteiger partial charge in [0.1, 0.15) is 12.1 Å². The van der Waals surface area contributed by atoms with Gasteiger partial charge >= 0.3 is 5.97 Å². The van der Waals surface area contributed by atoms with Gasteiger partial charge in [0.25, 0.3) is 5.78 Å². The molecule has 0 unspecified atom stereocenters. The van der Waals surface area contributed by atoms with E-state index in [-0.39, 0.29) is 5.97 Å². The molecule has 0 N–H and O–H groups in total. The summed E-state index contributed by atoms with van der Waals surface area (Å²) in [6, 6.07) is 7.99. The monoisotopic (exact) mass is 405 g/mol. The Morgan fingerprint density at radius 2 is 2.20 bits per heavy atom. The Morgan fingerprint density at radius 1 is 1.27 bits per heavy atom. The summed E-state index contributed by atoms with van der Waals surface area (Å²) in [5, 5.41) is 4.31. The molecule has 154 valence electrons. The van der Waals surface area contributed by atoms with E-state index < -0.39 is 0 Å². The Balaban J connectivity index is 1.22. The SMILES string of the molecule is COC(=O)c1ccc2c(c1)C=C(COC[C@H]1CCCN1c1ccnc3ncnn13)C2. The smallest absolute Gasteiger partial charge is 0.337 e. The van der Waals surface area contributed by atoms with Crippen LogP contribution in [0.4, 0.5) is 5.82 Å². The topological polar surface area (TPSA) is 81.9 Å². The largest absolute Gasteiger partial charge is 0.465 e. The number of aromatic nitrogens is 4. The van der Waals surface area contributed by atoms with Crippen molar-refractivity contribution in [1.82, 2.24) is 19.6 Å². The molecular weight excluding hydrogens is 382 g/mol. The summed E-state index contributed by atoms with van der Waals surface area (Å²) < 4.78 is 12.7. The van der Waals surface area contributed by atoms with Gasteiger partial charge in [-0.25, -0.2) is 9.78 Å². The number of carbonyl (C=O) groups excluding carboxylic acids is 1. The summed E-state index contributed by atoms with van der Waals surface area (Å²) in [7, 11) is 1.40. The number of carbonyl (C=O) groups is 1. The molecular formula is C22H23N5O3. The van der Waals surface area contributed by atoms with Crippen LogP contribution in [0.3, 0.4) is 0 Å². The quantitative estimate of drug-likeness (QED) is 0.583. The van der Waals surface area contributed by atoms with Crippen molar-refractivity contribution >= 4 is 23.6 Å². The number of fused-ring (bicyclic) bond motifs is 2. The summed E-state index contributed by atoms with van der Waals surface area (Å²) in [6.07, 6.45) is 8.49. The maximum Gasteiger partial charge on any atom is 0.337 e. The van der Waals surface area contributed by atoms with Gasteiger partial charge in [-0.1, -0.05) is 12.1 Å². The molecule has 1 aromatic carbocycles. The lowest BCUT2D eigenvalue weighted by molar-refractivity contribution is 0.0600. The minimum Gasteiger partial charge on any atom is -0.465 e. The minimum absolute atomic E-state index is 0.301. The van der Waals surface area contributed by atoms with Gasteiger partial charge in [0, 0.05) is 12.7 Å². The number of ether oxygens (including phenoxy) is 2. The van der Waals surface area contributed by atoms with E-state index in [1.165, 1.54) is 24.6 Å². The van der Waals surface area contributed by atoms with Crippen molar-refractivity contribution in [3.63, 3.8) is 0 Å². The zero-order valence-corrected chi connectivity index (χ0v) is 16.8. The van der Waals surface area contributed by atoms with Crippen molar-refractivity contribution in [3.05, 3.63) is 59.1 Å². The van der Waals surface area contributed by atoms with Crippen LogP contribution in [0.2, 0.25) is 0 Å². The highest BCUT2D eigenvalue weighted by Gasteiger charge is 2.27. The Morgan fingerprint density at radius 3 is 3.10 bits per heavy atom. The Bertz CT molecular complexity index is 1120. The van der Waals surface area contributed by atoms with Crippen LogP contribution >= 0.6 is 0 Å². The fraction of sp³-hybridized carbons (Fsp3) is 0.364. The maximum atomic E-state index is 11.7. The zero-order valence-electron chi connectivity index (χ0n) is 16.8. The lowest BCUT2D eigenvalue weighted by Crippen LogP contribution is -2.34. The number of hydrogen-bond donors (Lipinski definition) is 0. The van der Waals surface area contributed by atoms with Crippen molar-refractivity contribution in [3.8, 4) is 0 Å². The molecule has 0 amide bonds. The fourth-order valence-corrected chi connectivity index (χ4v) is 4.32.